The van der Waals surface area contributed by atoms with Crippen LogP contribution in [0.3, 0.4) is 0 Å². The van der Waals surface area contributed by atoms with E-state index in [1.54, 1.807) is 0 Å². The Morgan fingerprint density at radius 2 is 1.23 bits per heavy atom. The Morgan fingerprint density at radius 3 is 1.58 bits per heavy atom. The second-order valence-corrected chi connectivity index (χ2v) is 8.02. The number of nitroso groups, excluding NO2 is 1. The van der Waals surface area contributed by atoms with Gasteiger partial charge in [-0.3, -0.25) is 0 Å². The standard InChI is InChI=1S/C9H3F9NO5S2/c10-7(11,12)4-1-2-5(8(13,14)15)6(3-4)25(21,22)19(20)26(23,24)9(16,17)18/h1-3H/q+1. The average molecular weight is 440 g/mol. The molecule has 0 radical (unpaired) electrons. The Hall–Kier alpha value is -1.91. The van der Waals surface area contributed by atoms with Gasteiger partial charge in [-0.25, -0.2) is 0 Å². The van der Waals surface area contributed by atoms with Crippen LogP contribution >= 0.6 is 0 Å². The SMILES string of the molecule is O=[N+](S(=O)(=O)c1cc(C(F)(F)F)ccc1C(F)(F)F)S(=O)(=O)C(F)(F)F. The van der Waals surface area contributed by atoms with Gasteiger partial charge in [0.1, 0.15) is 0 Å². The lowest BCUT2D eigenvalue weighted by molar-refractivity contribution is -0.231. The minimum atomic E-state index is -7.25. The van der Waals surface area contributed by atoms with Gasteiger partial charge in [0, 0.05) is 0 Å². The van der Waals surface area contributed by atoms with Crippen LogP contribution in [0.1, 0.15) is 11.1 Å². The van der Waals surface area contributed by atoms with Gasteiger partial charge in [0.2, 0.25) is 0 Å². The van der Waals surface area contributed by atoms with E-state index in [1.165, 1.54) is 0 Å². The van der Waals surface area contributed by atoms with Gasteiger partial charge < -0.3 is 0 Å². The van der Waals surface area contributed by atoms with E-state index in [0.717, 1.165) is 0 Å². The number of benzene rings is 1. The summed E-state index contributed by atoms with van der Waals surface area (Å²) in [7, 11) is -14.0. The molecule has 148 valence electrons. The lowest BCUT2D eigenvalue weighted by atomic mass is 10.1. The molecule has 0 fully saturated rings. The summed E-state index contributed by atoms with van der Waals surface area (Å²) in [5, 5.41) is 0. The lowest BCUT2D eigenvalue weighted by Gasteiger charge is -2.13. The summed E-state index contributed by atoms with van der Waals surface area (Å²) in [6.45, 7) is 0. The van der Waals surface area contributed by atoms with Crippen molar-refractivity contribution in [1.82, 2.24) is 0 Å². The molecule has 0 bridgehead atoms. The fourth-order valence-corrected chi connectivity index (χ4v) is 4.04. The van der Waals surface area contributed by atoms with Gasteiger partial charge in [0.25, 0.3) is 3.57 Å². The van der Waals surface area contributed by atoms with E-state index >= 15 is 0 Å². The van der Waals surface area contributed by atoms with Crippen LogP contribution in [0, 0.1) is 4.91 Å². The molecule has 0 spiro atoms. The van der Waals surface area contributed by atoms with Gasteiger partial charge in [-0.15, -0.1) is 8.42 Å². The van der Waals surface area contributed by atoms with E-state index in [9.17, 15) is 61.3 Å². The molecule has 0 N–H and O–H groups in total. The van der Waals surface area contributed by atoms with Crippen LogP contribution in [-0.2, 0) is 32.4 Å². The Morgan fingerprint density at radius 1 is 0.769 bits per heavy atom. The monoisotopic (exact) mass is 440 g/mol. The van der Waals surface area contributed by atoms with Crippen molar-refractivity contribution in [3.05, 3.63) is 34.2 Å². The normalized spacial score (nSPS) is 14.3. The zero-order valence-corrected chi connectivity index (χ0v) is 13.1. The average Bonchev–Trinajstić information content (AvgIpc) is 2.42. The van der Waals surface area contributed by atoms with Crippen molar-refractivity contribution in [3.63, 3.8) is 0 Å². The molecule has 0 atom stereocenters. The molecule has 0 amide bonds. The summed E-state index contributed by atoms with van der Waals surface area (Å²) >= 11 is 0. The second-order valence-electron chi connectivity index (χ2n) is 4.33. The van der Waals surface area contributed by atoms with Crippen molar-refractivity contribution < 1.29 is 59.9 Å². The minimum absolute atomic E-state index is 0.255. The molecule has 0 aromatic heterocycles. The highest BCUT2D eigenvalue weighted by Gasteiger charge is 2.64. The lowest BCUT2D eigenvalue weighted by Crippen LogP contribution is -2.37. The second kappa shape index (κ2) is 6.07. The van der Waals surface area contributed by atoms with Gasteiger partial charge in [0.15, 0.2) is 4.90 Å². The Balaban J connectivity index is 3.85. The van der Waals surface area contributed by atoms with Crippen LogP contribution in [0.25, 0.3) is 0 Å². The summed E-state index contributed by atoms with van der Waals surface area (Å²) in [6.07, 6.45) is -11.2. The molecule has 0 aliphatic carbocycles. The first kappa shape index (κ1) is 22.1. The molecule has 0 heterocycles. The quantitative estimate of drug-likeness (QED) is 0.533. The number of halogens is 9. The van der Waals surface area contributed by atoms with E-state index in [-0.39, 0.29) is 6.07 Å². The van der Waals surface area contributed by atoms with E-state index in [4.69, 9.17) is 0 Å². The van der Waals surface area contributed by atoms with Crippen molar-refractivity contribution in [1.29, 1.82) is 0 Å². The number of nitrogens with zero attached hydrogens (tertiary/aromatic N) is 1. The fraction of sp³-hybridized carbons (Fsp3) is 0.333. The van der Waals surface area contributed by atoms with Crippen LogP contribution in [-0.4, -0.2) is 25.9 Å². The highest BCUT2D eigenvalue weighted by atomic mass is 32.3. The maximum absolute atomic E-state index is 12.8. The van der Waals surface area contributed by atoms with Gasteiger partial charge in [-0.05, 0) is 18.2 Å². The molecule has 1 aromatic carbocycles. The minimum Gasteiger partial charge on any atom is -0.166 e. The van der Waals surface area contributed by atoms with E-state index in [1.807, 2.05) is 0 Å². The molecule has 1 aromatic rings. The topological polar surface area (TPSA) is 88.4 Å². The Bertz CT molecular complexity index is 941. The summed E-state index contributed by atoms with van der Waals surface area (Å²) in [4.78, 5) is 8.54. The summed E-state index contributed by atoms with van der Waals surface area (Å²) < 4.78 is 155. The highest BCUT2D eigenvalue weighted by Crippen LogP contribution is 2.39. The Kier molecular flexibility index (Phi) is 5.17. The third-order valence-electron chi connectivity index (χ3n) is 2.58. The smallest absolute Gasteiger partial charge is 0.166 e. The first-order valence-electron chi connectivity index (χ1n) is 5.56. The van der Waals surface area contributed by atoms with E-state index in [0.29, 0.717) is 0 Å². The highest BCUT2D eigenvalue weighted by molar-refractivity contribution is 7.97. The van der Waals surface area contributed by atoms with Crippen LogP contribution in [0.15, 0.2) is 23.1 Å². The first-order chi connectivity index (χ1) is 11.2. The molecule has 26 heavy (non-hydrogen) atoms. The van der Waals surface area contributed by atoms with Crippen molar-refractivity contribution in [2.45, 2.75) is 22.8 Å². The summed E-state index contributed by atoms with van der Waals surface area (Å²) in [5.41, 5.74) is -11.1. The van der Waals surface area contributed by atoms with Gasteiger partial charge in [-0.2, -0.15) is 47.9 Å². The van der Waals surface area contributed by atoms with Crippen LogP contribution in [0.2, 0.25) is 0 Å². The maximum Gasteiger partial charge on any atom is 0.566 e. The van der Waals surface area contributed by atoms with Crippen molar-refractivity contribution >= 4 is 20.0 Å². The van der Waals surface area contributed by atoms with Gasteiger partial charge in [-0.1, -0.05) is 0 Å². The van der Waals surface area contributed by atoms with Crippen molar-refractivity contribution in [3.8, 4) is 0 Å². The van der Waals surface area contributed by atoms with Crippen LogP contribution in [0.4, 0.5) is 39.5 Å². The van der Waals surface area contributed by atoms with E-state index < -0.39 is 69.6 Å². The molecule has 0 aliphatic rings. The zero-order chi connectivity index (χ0) is 20.9. The number of rotatable bonds is 3. The van der Waals surface area contributed by atoms with Crippen molar-refractivity contribution in [2.24, 2.45) is 0 Å². The largest absolute Gasteiger partial charge is 0.566 e. The summed E-state index contributed by atoms with van der Waals surface area (Å²) in [5.74, 6) is 0. The molecular formula is C9H3F9NO5S2+. The van der Waals surface area contributed by atoms with Crippen LogP contribution in [0.5, 0.6) is 0 Å². The zero-order valence-electron chi connectivity index (χ0n) is 11.4. The number of hydrogen-bond donors (Lipinski definition) is 0. The molecule has 6 nitrogen and oxygen atoms in total. The predicted molar refractivity (Wildman–Crippen MR) is 62.2 cm³/mol. The fourth-order valence-electron chi connectivity index (χ4n) is 1.44. The number of sulfonamides is 2. The van der Waals surface area contributed by atoms with Crippen LogP contribution < -0.4 is 0 Å². The van der Waals surface area contributed by atoms with Gasteiger partial charge >= 0.3 is 37.9 Å². The third-order valence-corrected chi connectivity index (χ3v) is 6.02. The molecule has 0 aliphatic heterocycles. The third kappa shape index (κ3) is 3.92. The molecule has 1 rings (SSSR count). The van der Waals surface area contributed by atoms with E-state index in [2.05, 4.69) is 0 Å². The maximum atomic E-state index is 12.8. The predicted octanol–water partition coefficient (Wildman–Crippen LogP) is 3.04. The molecule has 17 heteroatoms. The van der Waals surface area contributed by atoms with Gasteiger partial charge in [0.05, 0.1) is 16.0 Å². The molecule has 0 saturated carbocycles. The number of alkyl halides is 9. The molecular weight excluding hydrogens is 437 g/mol. The molecule has 0 unspecified atom stereocenters. The number of hydrogen-bond acceptors (Lipinski definition) is 5. The Labute approximate surface area is 137 Å². The first-order valence-corrected chi connectivity index (χ1v) is 8.44. The summed E-state index contributed by atoms with van der Waals surface area (Å²) in [6, 6.07) is -1.52. The van der Waals surface area contributed by atoms with Crippen molar-refractivity contribution in [2.75, 3.05) is 0 Å². The molecule has 0 saturated heterocycles.